The van der Waals surface area contributed by atoms with Gasteiger partial charge in [-0.15, -0.1) is 5.06 Å². The molecular formula is C25H27N3O6. The highest BCUT2D eigenvalue weighted by Crippen LogP contribution is 2.44. The first-order valence-corrected chi connectivity index (χ1v) is 11.4. The maximum atomic E-state index is 12.5. The number of imide groups is 1. The second kappa shape index (κ2) is 10.4. The number of alkyl carbamates (subject to hydrolysis) is 1. The van der Waals surface area contributed by atoms with E-state index < -0.39 is 30.0 Å². The average molecular weight is 466 g/mol. The van der Waals surface area contributed by atoms with Crippen LogP contribution < -0.4 is 10.6 Å². The molecule has 9 nitrogen and oxygen atoms in total. The number of rotatable bonds is 8. The minimum absolute atomic E-state index is 0.0217. The minimum Gasteiger partial charge on any atom is -0.449 e. The maximum Gasteiger partial charge on any atom is 0.432 e. The van der Waals surface area contributed by atoms with Gasteiger partial charge in [0.2, 0.25) is 0 Å². The Hall–Kier alpha value is -3.88. The van der Waals surface area contributed by atoms with Crippen molar-refractivity contribution < 1.29 is 28.8 Å². The molecule has 1 unspecified atom stereocenters. The Morgan fingerprint density at radius 3 is 2.15 bits per heavy atom. The molecule has 0 radical (unpaired) electrons. The van der Waals surface area contributed by atoms with Crippen LogP contribution in [0.5, 0.6) is 0 Å². The SMILES string of the molecule is CCCC(CNC(=O)ON1C(=O)CCC1=O)NC(=O)OCC1c2ccccc2-c2ccccc21. The summed E-state index contributed by atoms with van der Waals surface area (Å²) in [6, 6.07) is 15.8. The zero-order valence-corrected chi connectivity index (χ0v) is 18.9. The molecule has 1 fully saturated rings. The van der Waals surface area contributed by atoms with Crippen molar-refractivity contribution >= 4 is 24.0 Å². The van der Waals surface area contributed by atoms with Crippen LogP contribution in [0.25, 0.3) is 11.1 Å². The third-order valence-corrected chi connectivity index (χ3v) is 5.98. The first-order chi connectivity index (χ1) is 16.5. The van der Waals surface area contributed by atoms with Crippen LogP contribution in [-0.4, -0.2) is 48.3 Å². The van der Waals surface area contributed by atoms with E-state index in [1.165, 1.54) is 0 Å². The van der Waals surface area contributed by atoms with E-state index in [-0.39, 0.29) is 31.9 Å². The van der Waals surface area contributed by atoms with Gasteiger partial charge in [0.05, 0.1) is 0 Å². The number of hydrogen-bond donors (Lipinski definition) is 2. The van der Waals surface area contributed by atoms with Crippen LogP contribution in [0.2, 0.25) is 0 Å². The largest absolute Gasteiger partial charge is 0.449 e. The molecule has 2 aliphatic rings. The van der Waals surface area contributed by atoms with Crippen molar-refractivity contribution in [2.45, 2.75) is 44.6 Å². The molecule has 0 saturated carbocycles. The summed E-state index contributed by atoms with van der Waals surface area (Å²) in [4.78, 5) is 52.5. The Morgan fingerprint density at radius 1 is 0.971 bits per heavy atom. The lowest BCUT2D eigenvalue weighted by atomic mass is 9.98. The number of ether oxygens (including phenoxy) is 1. The molecule has 2 aromatic rings. The van der Waals surface area contributed by atoms with Crippen molar-refractivity contribution in [3.8, 4) is 11.1 Å². The zero-order chi connectivity index (χ0) is 24.1. The number of nitrogens with zero attached hydrogens (tertiary/aromatic N) is 1. The van der Waals surface area contributed by atoms with Crippen molar-refractivity contribution in [3.63, 3.8) is 0 Å². The predicted octanol–water partition coefficient (Wildman–Crippen LogP) is 3.48. The smallest absolute Gasteiger partial charge is 0.432 e. The van der Waals surface area contributed by atoms with Gasteiger partial charge >= 0.3 is 12.2 Å². The Bertz CT molecular complexity index is 1040. The first kappa shape index (κ1) is 23.3. The van der Waals surface area contributed by atoms with Crippen LogP contribution >= 0.6 is 0 Å². The zero-order valence-electron chi connectivity index (χ0n) is 18.9. The summed E-state index contributed by atoms with van der Waals surface area (Å²) in [5.41, 5.74) is 4.54. The van der Waals surface area contributed by atoms with Crippen LogP contribution in [-0.2, 0) is 19.2 Å². The van der Waals surface area contributed by atoms with Gasteiger partial charge in [-0.1, -0.05) is 61.9 Å². The summed E-state index contributed by atoms with van der Waals surface area (Å²) in [6.45, 7) is 2.20. The molecule has 178 valence electrons. The van der Waals surface area contributed by atoms with Gasteiger partial charge in [0.25, 0.3) is 11.8 Å². The van der Waals surface area contributed by atoms with E-state index in [1.54, 1.807) is 0 Å². The number of hydrogen-bond acceptors (Lipinski definition) is 6. The molecule has 1 aliphatic carbocycles. The third-order valence-electron chi connectivity index (χ3n) is 5.98. The summed E-state index contributed by atoms with van der Waals surface area (Å²) in [7, 11) is 0. The highest BCUT2D eigenvalue weighted by molar-refractivity contribution is 6.01. The van der Waals surface area contributed by atoms with Crippen LogP contribution in [0.4, 0.5) is 9.59 Å². The standard InChI is InChI=1S/C25H27N3O6/c1-2-7-16(14-26-24(31)34-28-22(29)12-13-23(28)30)27-25(32)33-15-21-19-10-5-3-8-17(19)18-9-4-6-11-20(18)21/h3-6,8-11,16,21H,2,7,12-15H2,1H3,(H,26,31)(H,27,32). The fourth-order valence-corrected chi connectivity index (χ4v) is 4.36. The third kappa shape index (κ3) is 5.03. The molecule has 2 aromatic carbocycles. The number of carbonyl (C=O) groups is 4. The lowest BCUT2D eigenvalue weighted by Gasteiger charge is -2.20. The van der Waals surface area contributed by atoms with Crippen LogP contribution in [0.1, 0.15) is 49.7 Å². The topological polar surface area (TPSA) is 114 Å². The van der Waals surface area contributed by atoms with Crippen molar-refractivity contribution in [1.29, 1.82) is 0 Å². The molecule has 1 saturated heterocycles. The first-order valence-electron chi connectivity index (χ1n) is 11.4. The number of fused-ring (bicyclic) bond motifs is 3. The van der Waals surface area contributed by atoms with Gasteiger partial charge in [0, 0.05) is 31.3 Å². The number of amides is 4. The summed E-state index contributed by atoms with van der Waals surface area (Å²) < 4.78 is 5.57. The normalized spacial score (nSPS) is 15.5. The van der Waals surface area contributed by atoms with Crippen LogP contribution in [0, 0.1) is 0 Å². The number of nitrogens with one attached hydrogen (secondary N) is 2. The van der Waals surface area contributed by atoms with Gasteiger partial charge in [0.15, 0.2) is 0 Å². The van der Waals surface area contributed by atoms with E-state index in [4.69, 9.17) is 9.57 Å². The van der Waals surface area contributed by atoms with Crippen molar-refractivity contribution in [2.24, 2.45) is 0 Å². The Morgan fingerprint density at radius 2 is 1.56 bits per heavy atom. The predicted molar refractivity (Wildman–Crippen MR) is 122 cm³/mol. The van der Waals surface area contributed by atoms with Crippen molar-refractivity contribution in [1.82, 2.24) is 15.7 Å². The molecule has 4 rings (SSSR count). The average Bonchev–Trinajstić information content (AvgIpc) is 3.33. The fourth-order valence-electron chi connectivity index (χ4n) is 4.36. The fraction of sp³-hybridized carbons (Fsp3) is 0.360. The lowest BCUT2D eigenvalue weighted by molar-refractivity contribution is -0.171. The second-order valence-electron chi connectivity index (χ2n) is 8.30. The van der Waals surface area contributed by atoms with Gasteiger partial charge in [-0.3, -0.25) is 9.59 Å². The molecule has 34 heavy (non-hydrogen) atoms. The van der Waals surface area contributed by atoms with Gasteiger partial charge in [0.1, 0.15) is 6.61 Å². The Labute approximate surface area is 197 Å². The molecule has 0 bridgehead atoms. The molecule has 2 N–H and O–H groups in total. The van der Waals surface area contributed by atoms with Crippen LogP contribution in [0.3, 0.4) is 0 Å². The van der Waals surface area contributed by atoms with E-state index in [9.17, 15) is 19.2 Å². The molecule has 1 atom stereocenters. The molecule has 0 aromatic heterocycles. The van der Waals surface area contributed by atoms with E-state index in [0.29, 0.717) is 11.5 Å². The number of carbonyl (C=O) groups excluding carboxylic acids is 4. The maximum absolute atomic E-state index is 12.5. The highest BCUT2D eigenvalue weighted by atomic mass is 16.7. The van der Waals surface area contributed by atoms with E-state index in [0.717, 1.165) is 28.7 Å². The molecule has 1 heterocycles. The highest BCUT2D eigenvalue weighted by Gasteiger charge is 2.33. The van der Waals surface area contributed by atoms with E-state index >= 15 is 0 Å². The number of hydroxylamine groups is 2. The second-order valence-corrected chi connectivity index (χ2v) is 8.30. The monoisotopic (exact) mass is 465 g/mol. The van der Waals surface area contributed by atoms with Gasteiger partial charge in [-0.25, -0.2) is 9.59 Å². The van der Waals surface area contributed by atoms with Crippen molar-refractivity contribution in [3.05, 3.63) is 59.7 Å². The Balaban J connectivity index is 1.30. The van der Waals surface area contributed by atoms with Gasteiger partial charge in [-0.2, -0.15) is 0 Å². The number of benzene rings is 2. The summed E-state index contributed by atoms with van der Waals surface area (Å²) in [5.74, 6) is -1.16. The Kier molecular flexibility index (Phi) is 7.10. The molecule has 0 spiro atoms. The van der Waals surface area contributed by atoms with Gasteiger partial charge in [-0.05, 0) is 28.7 Å². The quantitative estimate of drug-likeness (QED) is 0.577. The van der Waals surface area contributed by atoms with Gasteiger partial charge < -0.3 is 20.2 Å². The summed E-state index contributed by atoms with van der Waals surface area (Å²) in [6.07, 6.45) is -0.124. The van der Waals surface area contributed by atoms with Crippen LogP contribution in [0.15, 0.2) is 48.5 Å². The van der Waals surface area contributed by atoms with E-state index in [2.05, 4.69) is 22.8 Å². The minimum atomic E-state index is -0.931. The molecule has 4 amide bonds. The molecule has 9 heteroatoms. The lowest BCUT2D eigenvalue weighted by Crippen LogP contribution is -2.45. The van der Waals surface area contributed by atoms with Crippen molar-refractivity contribution in [2.75, 3.05) is 13.2 Å². The molecular weight excluding hydrogens is 438 g/mol. The van der Waals surface area contributed by atoms with E-state index in [1.807, 2.05) is 43.3 Å². The summed E-state index contributed by atoms with van der Waals surface area (Å²) in [5, 5.41) is 5.74. The summed E-state index contributed by atoms with van der Waals surface area (Å²) >= 11 is 0. The molecule has 1 aliphatic heterocycles.